The van der Waals surface area contributed by atoms with Gasteiger partial charge in [0.25, 0.3) is 0 Å². The monoisotopic (exact) mass is 779 g/mol. The summed E-state index contributed by atoms with van der Waals surface area (Å²) in [6.07, 6.45) is 0. The second kappa shape index (κ2) is 13.7. The molecule has 1 aliphatic carbocycles. The fourth-order valence-electron chi connectivity index (χ4n) is 10.1. The van der Waals surface area contributed by atoms with Gasteiger partial charge in [-0.3, -0.25) is 0 Å². The quantitative estimate of drug-likeness (QED) is 0.156. The maximum absolute atomic E-state index is 6.67. The van der Waals surface area contributed by atoms with Crippen molar-refractivity contribution in [3.63, 3.8) is 0 Å². The van der Waals surface area contributed by atoms with Crippen molar-refractivity contribution in [2.45, 2.75) is 19.3 Å². The van der Waals surface area contributed by atoms with Crippen LogP contribution in [0.25, 0.3) is 88.0 Å². The fraction of sp³-hybridized carbons (Fsp3) is 0.0508. The van der Waals surface area contributed by atoms with Crippen LogP contribution >= 0.6 is 0 Å². The topological polar surface area (TPSA) is 16.4 Å². The van der Waals surface area contributed by atoms with Gasteiger partial charge in [0, 0.05) is 33.1 Å². The predicted molar refractivity (Wildman–Crippen MR) is 257 cm³/mol. The number of hydrogen-bond donors (Lipinski definition) is 0. The second-order valence-electron chi connectivity index (χ2n) is 16.9. The minimum Gasteiger partial charge on any atom is -0.456 e. The van der Waals surface area contributed by atoms with Crippen LogP contribution in [-0.4, -0.2) is 0 Å². The first kappa shape index (κ1) is 35.3. The van der Waals surface area contributed by atoms with Crippen LogP contribution in [0.3, 0.4) is 0 Å². The van der Waals surface area contributed by atoms with Crippen LogP contribution < -0.4 is 4.90 Å². The summed E-state index contributed by atoms with van der Waals surface area (Å²) in [6, 6.07) is 77.6. The molecule has 0 N–H and O–H groups in total. The van der Waals surface area contributed by atoms with E-state index in [9.17, 15) is 0 Å². The van der Waals surface area contributed by atoms with Gasteiger partial charge >= 0.3 is 0 Å². The Morgan fingerprint density at radius 3 is 1.79 bits per heavy atom. The van der Waals surface area contributed by atoms with Crippen LogP contribution in [0.4, 0.5) is 17.1 Å². The Hall–Kier alpha value is -7.68. The van der Waals surface area contributed by atoms with Gasteiger partial charge < -0.3 is 9.32 Å². The maximum atomic E-state index is 6.67. The van der Waals surface area contributed by atoms with E-state index >= 15 is 0 Å². The summed E-state index contributed by atoms with van der Waals surface area (Å²) in [6.45, 7) is 4.73. The molecular formula is C59H41NO. The number of fused-ring (bicyclic) bond motifs is 9. The van der Waals surface area contributed by atoms with E-state index in [0.29, 0.717) is 0 Å². The van der Waals surface area contributed by atoms with Crippen LogP contribution in [0.1, 0.15) is 25.0 Å². The van der Waals surface area contributed by atoms with E-state index in [1.165, 1.54) is 66.1 Å². The van der Waals surface area contributed by atoms with Gasteiger partial charge in [0.1, 0.15) is 11.2 Å². The van der Waals surface area contributed by atoms with Crippen LogP contribution in [0.15, 0.2) is 217 Å². The molecule has 0 radical (unpaired) electrons. The third-order valence-corrected chi connectivity index (χ3v) is 13.1. The minimum atomic E-state index is -0.174. The van der Waals surface area contributed by atoms with Gasteiger partial charge in [-0.05, 0) is 120 Å². The molecule has 10 aromatic carbocycles. The van der Waals surface area contributed by atoms with Gasteiger partial charge in [-0.1, -0.05) is 178 Å². The summed E-state index contributed by atoms with van der Waals surface area (Å²) in [4.78, 5) is 2.49. The number of nitrogens with zero attached hydrogens (tertiary/aromatic N) is 1. The lowest BCUT2D eigenvalue weighted by Crippen LogP contribution is -2.17. The molecule has 0 amide bonds. The number of furan rings is 1. The summed E-state index contributed by atoms with van der Waals surface area (Å²) < 4.78 is 6.67. The fourth-order valence-corrected chi connectivity index (χ4v) is 10.1. The average molecular weight is 780 g/mol. The van der Waals surface area contributed by atoms with E-state index in [0.717, 1.165) is 50.1 Å². The first-order valence-corrected chi connectivity index (χ1v) is 21.2. The molecule has 2 nitrogen and oxygen atoms in total. The molecule has 12 rings (SSSR count). The van der Waals surface area contributed by atoms with Crippen molar-refractivity contribution in [3.8, 4) is 44.5 Å². The standard InChI is InChI=1S/C59H41NO/c1-59(2)52-23-13-11-21-47(52)48-32-30-44(37-53(48)59)60(43-29-31-46(38-15-5-3-6-16-38)51(36-43)39-17-7-4-8-18-39)54-33-34-56-58(49-22-12-14-24-55(49)61-56)57(54)42-28-27-41-26-25-40-19-9-10-20-45(40)50(41)35-42/h3-37H,1-2H3. The van der Waals surface area contributed by atoms with Crippen molar-refractivity contribution in [1.29, 1.82) is 0 Å². The molecule has 61 heavy (non-hydrogen) atoms. The third-order valence-electron chi connectivity index (χ3n) is 13.1. The van der Waals surface area contributed by atoms with E-state index in [2.05, 4.69) is 231 Å². The van der Waals surface area contributed by atoms with Gasteiger partial charge in [0.2, 0.25) is 0 Å². The molecule has 1 aromatic heterocycles. The summed E-state index contributed by atoms with van der Waals surface area (Å²) >= 11 is 0. The summed E-state index contributed by atoms with van der Waals surface area (Å²) in [5.74, 6) is 0. The zero-order valence-electron chi connectivity index (χ0n) is 34.1. The van der Waals surface area contributed by atoms with Crippen molar-refractivity contribution < 1.29 is 4.42 Å². The molecule has 288 valence electrons. The van der Waals surface area contributed by atoms with Crippen molar-refractivity contribution in [3.05, 3.63) is 223 Å². The van der Waals surface area contributed by atoms with Crippen molar-refractivity contribution >= 4 is 60.5 Å². The molecule has 0 aliphatic heterocycles. The lowest BCUT2D eigenvalue weighted by molar-refractivity contribution is 0.660. The Bertz CT molecular complexity index is 3500. The Balaban J connectivity index is 1.18. The molecular weight excluding hydrogens is 739 g/mol. The Kier molecular flexibility index (Phi) is 7.92. The number of anilines is 3. The normalized spacial score (nSPS) is 12.9. The van der Waals surface area contributed by atoms with E-state index in [4.69, 9.17) is 4.42 Å². The van der Waals surface area contributed by atoms with Crippen LogP contribution in [-0.2, 0) is 5.41 Å². The highest BCUT2D eigenvalue weighted by molar-refractivity contribution is 6.18. The van der Waals surface area contributed by atoms with E-state index in [-0.39, 0.29) is 5.41 Å². The van der Waals surface area contributed by atoms with Crippen LogP contribution in [0.2, 0.25) is 0 Å². The van der Waals surface area contributed by atoms with Crippen molar-refractivity contribution in [2.75, 3.05) is 4.90 Å². The first-order valence-electron chi connectivity index (χ1n) is 21.2. The molecule has 0 saturated heterocycles. The number of rotatable bonds is 6. The first-order chi connectivity index (χ1) is 30.0. The Morgan fingerprint density at radius 1 is 0.377 bits per heavy atom. The molecule has 0 unspecified atom stereocenters. The Labute approximate surface area is 355 Å². The molecule has 1 heterocycles. The van der Waals surface area contributed by atoms with E-state index < -0.39 is 0 Å². The molecule has 0 saturated carbocycles. The van der Waals surface area contributed by atoms with Crippen LogP contribution in [0.5, 0.6) is 0 Å². The number of benzene rings is 10. The van der Waals surface area contributed by atoms with Crippen LogP contribution in [0, 0.1) is 0 Å². The summed E-state index contributed by atoms with van der Waals surface area (Å²) in [7, 11) is 0. The minimum absolute atomic E-state index is 0.174. The number of hydrogen-bond acceptors (Lipinski definition) is 2. The van der Waals surface area contributed by atoms with Gasteiger partial charge in [0.05, 0.1) is 5.69 Å². The molecule has 0 bridgehead atoms. The highest BCUT2D eigenvalue weighted by Gasteiger charge is 2.36. The molecule has 0 fully saturated rings. The smallest absolute Gasteiger partial charge is 0.136 e. The van der Waals surface area contributed by atoms with Gasteiger partial charge in [0.15, 0.2) is 0 Å². The summed E-state index contributed by atoms with van der Waals surface area (Å²) in [5, 5.41) is 7.13. The summed E-state index contributed by atoms with van der Waals surface area (Å²) in [5.41, 5.74) is 17.1. The van der Waals surface area contributed by atoms with Gasteiger partial charge in [-0.15, -0.1) is 0 Å². The van der Waals surface area contributed by atoms with Gasteiger partial charge in [-0.2, -0.15) is 0 Å². The van der Waals surface area contributed by atoms with E-state index in [1.54, 1.807) is 0 Å². The SMILES string of the molecule is CC1(C)c2ccccc2-c2ccc(N(c3ccc(-c4ccccc4)c(-c4ccccc4)c3)c3ccc4oc5ccccc5c4c3-c3ccc4ccc5ccccc5c4c3)cc21. The lowest BCUT2D eigenvalue weighted by atomic mass is 9.82. The van der Waals surface area contributed by atoms with Gasteiger partial charge in [-0.25, -0.2) is 0 Å². The van der Waals surface area contributed by atoms with E-state index in [1.807, 2.05) is 0 Å². The molecule has 11 aromatic rings. The molecule has 1 aliphatic rings. The maximum Gasteiger partial charge on any atom is 0.136 e. The highest BCUT2D eigenvalue weighted by atomic mass is 16.3. The molecule has 0 atom stereocenters. The van der Waals surface area contributed by atoms with Crippen molar-refractivity contribution in [1.82, 2.24) is 0 Å². The molecule has 2 heteroatoms. The highest BCUT2D eigenvalue weighted by Crippen LogP contribution is 2.53. The largest absolute Gasteiger partial charge is 0.456 e. The lowest BCUT2D eigenvalue weighted by Gasteiger charge is -2.31. The molecule has 0 spiro atoms. The van der Waals surface area contributed by atoms with Crippen molar-refractivity contribution in [2.24, 2.45) is 0 Å². The number of para-hydroxylation sites is 1. The Morgan fingerprint density at radius 2 is 0.984 bits per heavy atom. The zero-order valence-corrected chi connectivity index (χ0v) is 34.1. The third kappa shape index (κ3) is 5.56. The average Bonchev–Trinajstić information content (AvgIpc) is 3.81. The zero-order chi connectivity index (χ0) is 40.7. The second-order valence-corrected chi connectivity index (χ2v) is 16.9. The predicted octanol–water partition coefficient (Wildman–Crippen LogP) is 16.7.